The van der Waals surface area contributed by atoms with Gasteiger partial charge in [-0.2, -0.15) is 0 Å². The largest absolute Gasteiger partial charge is 0.364 e. The van der Waals surface area contributed by atoms with E-state index in [0.717, 1.165) is 53.9 Å². The Bertz CT molecular complexity index is 854. The fraction of sp³-hybridized carbons (Fsp3) is 0.450. The molecule has 0 spiro atoms. The summed E-state index contributed by atoms with van der Waals surface area (Å²) < 4.78 is 5.43. The first-order chi connectivity index (χ1) is 13.6. The number of aromatic nitrogens is 2. The lowest BCUT2D eigenvalue weighted by atomic mass is 10.0. The first-order valence-corrected chi connectivity index (χ1v) is 10.3. The number of rotatable bonds is 5. The molecule has 0 saturated carbocycles. The second-order valence-electron chi connectivity index (χ2n) is 7.19. The summed E-state index contributed by atoms with van der Waals surface area (Å²) in [5, 5.41) is 3.94. The molecule has 0 unspecified atom stereocenters. The SMILES string of the molecule is COCN1c2cc(CN3CCC(NC(C)=O)CC3)ccc2Sc2nccnc21. The predicted octanol–water partition coefficient (Wildman–Crippen LogP) is 2.78. The van der Waals surface area contributed by atoms with Crippen LogP contribution < -0.4 is 10.2 Å². The smallest absolute Gasteiger partial charge is 0.217 e. The van der Waals surface area contributed by atoms with Crippen molar-refractivity contribution >= 4 is 29.2 Å². The fourth-order valence-electron chi connectivity index (χ4n) is 3.79. The van der Waals surface area contributed by atoms with Gasteiger partial charge in [-0.25, -0.2) is 9.97 Å². The lowest BCUT2D eigenvalue weighted by Crippen LogP contribution is -2.43. The summed E-state index contributed by atoms with van der Waals surface area (Å²) in [5.41, 5.74) is 2.39. The Kier molecular flexibility index (Phi) is 5.79. The molecule has 2 aromatic rings. The van der Waals surface area contributed by atoms with E-state index in [1.807, 2.05) is 0 Å². The summed E-state index contributed by atoms with van der Waals surface area (Å²) in [6.45, 7) is 4.91. The summed E-state index contributed by atoms with van der Waals surface area (Å²) in [7, 11) is 1.69. The number of fused-ring (bicyclic) bond motifs is 2. The van der Waals surface area contributed by atoms with Gasteiger partial charge < -0.3 is 10.1 Å². The van der Waals surface area contributed by atoms with Gasteiger partial charge in [-0.1, -0.05) is 17.8 Å². The van der Waals surface area contributed by atoms with Crippen LogP contribution in [-0.2, 0) is 16.1 Å². The molecule has 1 amide bonds. The number of nitrogens with one attached hydrogen (secondary N) is 1. The Hall–Kier alpha value is -2.16. The number of piperidine rings is 1. The quantitative estimate of drug-likeness (QED) is 0.829. The molecule has 0 aliphatic carbocycles. The zero-order chi connectivity index (χ0) is 19.5. The van der Waals surface area contributed by atoms with Gasteiger partial charge in [0.15, 0.2) is 5.82 Å². The van der Waals surface area contributed by atoms with Crippen molar-refractivity contribution in [1.29, 1.82) is 0 Å². The number of carbonyl (C=O) groups excluding carboxylic acids is 1. The molecule has 28 heavy (non-hydrogen) atoms. The van der Waals surface area contributed by atoms with E-state index in [2.05, 4.69) is 43.3 Å². The number of methoxy groups -OCH3 is 1. The predicted molar refractivity (Wildman–Crippen MR) is 109 cm³/mol. The molecule has 4 rings (SSSR count). The van der Waals surface area contributed by atoms with Crippen molar-refractivity contribution in [2.24, 2.45) is 0 Å². The molecular formula is C20H25N5O2S. The molecule has 0 radical (unpaired) electrons. The van der Waals surface area contributed by atoms with Gasteiger partial charge in [0.2, 0.25) is 5.91 Å². The Labute approximate surface area is 169 Å². The number of likely N-dealkylation sites (tertiary alicyclic amines) is 1. The van der Waals surface area contributed by atoms with Crippen LogP contribution in [-0.4, -0.2) is 53.7 Å². The number of hydrogen-bond acceptors (Lipinski definition) is 7. The van der Waals surface area contributed by atoms with E-state index >= 15 is 0 Å². The highest BCUT2D eigenvalue weighted by Gasteiger charge is 2.26. The molecule has 3 heterocycles. The maximum atomic E-state index is 11.2. The lowest BCUT2D eigenvalue weighted by Gasteiger charge is -2.33. The van der Waals surface area contributed by atoms with Crippen molar-refractivity contribution in [2.45, 2.75) is 42.3 Å². The van der Waals surface area contributed by atoms with Gasteiger partial charge in [-0.3, -0.25) is 14.6 Å². The van der Waals surface area contributed by atoms with Crippen molar-refractivity contribution in [1.82, 2.24) is 20.2 Å². The third-order valence-electron chi connectivity index (χ3n) is 5.08. The molecule has 2 aliphatic heterocycles. The van der Waals surface area contributed by atoms with Crippen LogP contribution in [0.1, 0.15) is 25.3 Å². The van der Waals surface area contributed by atoms with Crippen molar-refractivity contribution in [3.8, 4) is 0 Å². The zero-order valence-electron chi connectivity index (χ0n) is 16.2. The highest BCUT2D eigenvalue weighted by molar-refractivity contribution is 7.99. The van der Waals surface area contributed by atoms with E-state index in [-0.39, 0.29) is 5.91 Å². The van der Waals surface area contributed by atoms with E-state index < -0.39 is 0 Å². The van der Waals surface area contributed by atoms with Gasteiger partial charge in [0, 0.05) is 57.0 Å². The van der Waals surface area contributed by atoms with Crippen LogP contribution in [0.5, 0.6) is 0 Å². The van der Waals surface area contributed by atoms with Crippen LogP contribution in [0.3, 0.4) is 0 Å². The Morgan fingerprint density at radius 2 is 2.07 bits per heavy atom. The van der Waals surface area contributed by atoms with Crippen molar-refractivity contribution in [2.75, 3.05) is 31.8 Å². The molecule has 1 aromatic carbocycles. The molecule has 0 atom stereocenters. The number of ether oxygens (including phenoxy) is 1. The number of amides is 1. The summed E-state index contributed by atoms with van der Waals surface area (Å²) in [4.78, 5) is 25.9. The monoisotopic (exact) mass is 399 g/mol. The third kappa shape index (κ3) is 4.14. The normalized spacial score (nSPS) is 17.1. The Morgan fingerprint density at radius 3 is 2.82 bits per heavy atom. The third-order valence-corrected chi connectivity index (χ3v) is 6.13. The highest BCUT2D eigenvalue weighted by atomic mass is 32.2. The number of hydrogen-bond donors (Lipinski definition) is 1. The minimum absolute atomic E-state index is 0.0623. The van der Waals surface area contributed by atoms with Gasteiger partial charge in [0.05, 0.1) is 5.69 Å². The van der Waals surface area contributed by atoms with Crippen LogP contribution in [0, 0.1) is 0 Å². The van der Waals surface area contributed by atoms with Crippen LogP contribution in [0.4, 0.5) is 11.5 Å². The Morgan fingerprint density at radius 1 is 1.29 bits per heavy atom. The second-order valence-corrected chi connectivity index (χ2v) is 8.22. The molecule has 8 heteroatoms. The molecule has 0 bridgehead atoms. The zero-order valence-corrected chi connectivity index (χ0v) is 17.0. The van der Waals surface area contributed by atoms with Crippen LogP contribution in [0.15, 0.2) is 40.5 Å². The fourth-order valence-corrected chi connectivity index (χ4v) is 4.78. The van der Waals surface area contributed by atoms with E-state index in [1.54, 1.807) is 38.2 Å². The Balaban J connectivity index is 1.49. The molecule has 7 nitrogen and oxygen atoms in total. The summed E-state index contributed by atoms with van der Waals surface area (Å²) in [6.07, 6.45) is 5.44. The number of carbonyl (C=O) groups is 1. The molecular weight excluding hydrogens is 374 g/mol. The molecule has 1 aromatic heterocycles. The van der Waals surface area contributed by atoms with Gasteiger partial charge in [-0.05, 0) is 30.5 Å². The van der Waals surface area contributed by atoms with Crippen molar-refractivity contribution in [3.05, 3.63) is 36.2 Å². The minimum atomic E-state index is 0.0623. The second kappa shape index (κ2) is 8.46. The first kappa shape index (κ1) is 19.2. The van der Waals surface area contributed by atoms with Gasteiger partial charge in [0.25, 0.3) is 0 Å². The maximum Gasteiger partial charge on any atom is 0.217 e. The number of nitrogens with zero attached hydrogens (tertiary/aromatic N) is 4. The molecule has 2 aliphatic rings. The topological polar surface area (TPSA) is 70.6 Å². The minimum Gasteiger partial charge on any atom is -0.364 e. The van der Waals surface area contributed by atoms with Gasteiger partial charge in [-0.15, -0.1) is 0 Å². The molecule has 148 valence electrons. The van der Waals surface area contributed by atoms with Crippen LogP contribution >= 0.6 is 11.8 Å². The average Bonchev–Trinajstić information content (AvgIpc) is 2.69. The summed E-state index contributed by atoms with van der Waals surface area (Å²) in [6, 6.07) is 6.90. The average molecular weight is 400 g/mol. The molecule has 1 fully saturated rings. The van der Waals surface area contributed by atoms with E-state index in [0.29, 0.717) is 12.8 Å². The van der Waals surface area contributed by atoms with Crippen LogP contribution in [0.2, 0.25) is 0 Å². The maximum absolute atomic E-state index is 11.2. The molecule has 1 N–H and O–H groups in total. The summed E-state index contributed by atoms with van der Waals surface area (Å²) >= 11 is 1.65. The number of benzene rings is 1. The summed E-state index contributed by atoms with van der Waals surface area (Å²) in [5.74, 6) is 0.905. The van der Waals surface area contributed by atoms with Crippen molar-refractivity contribution in [3.63, 3.8) is 0 Å². The lowest BCUT2D eigenvalue weighted by molar-refractivity contribution is -0.119. The van der Waals surface area contributed by atoms with Gasteiger partial charge >= 0.3 is 0 Å². The standard InChI is InChI=1S/C20H25N5O2S/c1-14(26)23-16-5-9-24(10-6-16)12-15-3-4-18-17(11-15)25(13-27-2)19-20(28-18)22-8-7-21-19/h3-4,7-8,11,16H,5-6,9-10,12-13H2,1-2H3,(H,23,26). The number of anilines is 2. The van der Waals surface area contributed by atoms with Gasteiger partial charge in [0.1, 0.15) is 11.8 Å². The van der Waals surface area contributed by atoms with E-state index in [9.17, 15) is 4.79 Å². The first-order valence-electron chi connectivity index (χ1n) is 9.52. The van der Waals surface area contributed by atoms with E-state index in [1.165, 1.54) is 5.56 Å². The van der Waals surface area contributed by atoms with Crippen LogP contribution in [0.25, 0.3) is 0 Å². The van der Waals surface area contributed by atoms with Crippen molar-refractivity contribution < 1.29 is 9.53 Å². The highest BCUT2D eigenvalue weighted by Crippen LogP contribution is 2.46. The van der Waals surface area contributed by atoms with E-state index in [4.69, 9.17) is 4.74 Å². The molecule has 1 saturated heterocycles.